The summed E-state index contributed by atoms with van der Waals surface area (Å²) < 4.78 is 0. The Morgan fingerprint density at radius 1 is 1.24 bits per heavy atom. The quantitative estimate of drug-likeness (QED) is 0.797. The van der Waals surface area contributed by atoms with E-state index in [0.29, 0.717) is 6.04 Å². The van der Waals surface area contributed by atoms with E-state index in [2.05, 4.69) is 16.7 Å². The molecule has 1 aliphatic rings. The van der Waals surface area contributed by atoms with Gasteiger partial charge in [-0.3, -0.25) is 4.90 Å². The van der Waals surface area contributed by atoms with Gasteiger partial charge in [0.25, 0.3) is 0 Å². The van der Waals surface area contributed by atoms with Crippen molar-refractivity contribution in [1.29, 1.82) is 0 Å². The second kappa shape index (κ2) is 6.44. The van der Waals surface area contributed by atoms with E-state index in [1.807, 2.05) is 30.3 Å². The molecule has 0 aliphatic heterocycles. The highest BCUT2D eigenvalue weighted by Gasteiger charge is 2.23. The number of hydrogen-bond donors (Lipinski definition) is 1. The van der Waals surface area contributed by atoms with Crippen LogP contribution in [0.5, 0.6) is 0 Å². The minimum Gasteiger partial charge on any atom is -0.395 e. The molecule has 0 aromatic heterocycles. The van der Waals surface area contributed by atoms with E-state index in [9.17, 15) is 0 Å². The van der Waals surface area contributed by atoms with E-state index in [1.54, 1.807) is 0 Å². The molecule has 0 radical (unpaired) electrons. The van der Waals surface area contributed by atoms with Crippen LogP contribution < -0.4 is 0 Å². The van der Waals surface area contributed by atoms with Crippen LogP contribution in [0.25, 0.3) is 0 Å². The summed E-state index contributed by atoms with van der Waals surface area (Å²) in [5.41, 5.74) is 1.06. The molecular formula is C15H19NO. The molecule has 0 bridgehead atoms. The zero-order valence-electron chi connectivity index (χ0n) is 10.1. The first-order valence-electron chi connectivity index (χ1n) is 6.29. The summed E-state index contributed by atoms with van der Waals surface area (Å²) in [6.07, 6.45) is 3.83. The molecule has 0 unspecified atom stereocenters. The number of aliphatic hydroxyl groups excluding tert-OH is 1. The highest BCUT2D eigenvalue weighted by atomic mass is 16.3. The van der Waals surface area contributed by atoms with Gasteiger partial charge in [-0.1, -0.05) is 36.5 Å². The maximum Gasteiger partial charge on any atom is 0.0608 e. The summed E-state index contributed by atoms with van der Waals surface area (Å²) in [6, 6.07) is 10.7. The third-order valence-electron chi connectivity index (χ3n) is 3.27. The molecule has 17 heavy (non-hydrogen) atoms. The Hall–Kier alpha value is -1.30. The first-order valence-corrected chi connectivity index (χ1v) is 6.29. The highest BCUT2D eigenvalue weighted by molar-refractivity contribution is 5.33. The molecule has 0 heterocycles. The molecule has 0 amide bonds. The Bertz CT molecular complexity index is 386. The average molecular weight is 229 g/mol. The summed E-state index contributed by atoms with van der Waals surface area (Å²) in [4.78, 5) is 2.29. The number of nitrogens with zero attached hydrogens (tertiary/aromatic N) is 1. The summed E-state index contributed by atoms with van der Waals surface area (Å²) in [5.74, 6) is 6.36. The normalized spacial score (nSPS) is 15.2. The smallest absolute Gasteiger partial charge is 0.0608 e. The maximum absolute atomic E-state index is 9.03. The number of hydrogen-bond acceptors (Lipinski definition) is 2. The molecule has 2 rings (SSSR count). The number of aliphatic hydroxyl groups is 1. The fourth-order valence-electron chi connectivity index (χ4n) is 2.04. The molecule has 90 valence electrons. The van der Waals surface area contributed by atoms with Crippen LogP contribution in [0.1, 0.15) is 24.8 Å². The van der Waals surface area contributed by atoms with Gasteiger partial charge < -0.3 is 5.11 Å². The van der Waals surface area contributed by atoms with Crippen molar-refractivity contribution < 1.29 is 5.11 Å². The zero-order chi connectivity index (χ0) is 11.9. The van der Waals surface area contributed by atoms with Crippen LogP contribution in [-0.2, 0) is 0 Å². The van der Waals surface area contributed by atoms with E-state index >= 15 is 0 Å². The summed E-state index contributed by atoms with van der Waals surface area (Å²) in [5, 5.41) is 9.03. The first kappa shape index (κ1) is 12.2. The molecule has 1 N–H and O–H groups in total. The van der Waals surface area contributed by atoms with E-state index in [4.69, 9.17) is 5.11 Å². The van der Waals surface area contributed by atoms with Crippen LogP contribution in [0.15, 0.2) is 30.3 Å². The summed E-state index contributed by atoms with van der Waals surface area (Å²) in [7, 11) is 0. The predicted octanol–water partition coefficient (Wildman–Crippen LogP) is 1.88. The van der Waals surface area contributed by atoms with E-state index in [1.165, 1.54) is 19.3 Å². The zero-order valence-corrected chi connectivity index (χ0v) is 10.1. The Kier molecular flexibility index (Phi) is 4.61. The van der Waals surface area contributed by atoms with Crippen molar-refractivity contribution >= 4 is 0 Å². The monoisotopic (exact) mass is 229 g/mol. The molecular weight excluding hydrogens is 210 g/mol. The van der Waals surface area contributed by atoms with Gasteiger partial charge >= 0.3 is 0 Å². The summed E-state index contributed by atoms with van der Waals surface area (Å²) >= 11 is 0. The lowest BCUT2D eigenvalue weighted by Gasteiger charge is -2.35. The second-order valence-electron chi connectivity index (χ2n) is 4.45. The molecule has 1 aromatic carbocycles. The van der Waals surface area contributed by atoms with Crippen LogP contribution in [-0.4, -0.2) is 35.7 Å². The molecule has 1 fully saturated rings. The van der Waals surface area contributed by atoms with E-state index in [-0.39, 0.29) is 6.61 Å². The Morgan fingerprint density at radius 3 is 2.59 bits per heavy atom. The molecule has 2 nitrogen and oxygen atoms in total. The van der Waals surface area contributed by atoms with Crippen molar-refractivity contribution in [3.05, 3.63) is 35.9 Å². The highest BCUT2D eigenvalue weighted by Crippen LogP contribution is 2.23. The van der Waals surface area contributed by atoms with Crippen molar-refractivity contribution in [3.63, 3.8) is 0 Å². The Labute approximate surface area is 103 Å². The average Bonchev–Trinajstić information content (AvgIpc) is 2.28. The van der Waals surface area contributed by atoms with Crippen LogP contribution in [0.4, 0.5) is 0 Å². The Balaban J connectivity index is 1.88. The van der Waals surface area contributed by atoms with Crippen molar-refractivity contribution in [1.82, 2.24) is 4.90 Å². The van der Waals surface area contributed by atoms with Gasteiger partial charge in [0.15, 0.2) is 0 Å². The number of rotatable bonds is 4. The van der Waals surface area contributed by atoms with Gasteiger partial charge in [0.2, 0.25) is 0 Å². The third kappa shape index (κ3) is 3.59. The minimum atomic E-state index is 0.226. The first-order chi connectivity index (χ1) is 8.40. The van der Waals surface area contributed by atoms with Crippen LogP contribution in [0.3, 0.4) is 0 Å². The molecule has 2 heteroatoms. The van der Waals surface area contributed by atoms with Crippen molar-refractivity contribution in [2.45, 2.75) is 25.3 Å². The fourth-order valence-corrected chi connectivity index (χ4v) is 2.04. The van der Waals surface area contributed by atoms with E-state index in [0.717, 1.165) is 18.7 Å². The largest absolute Gasteiger partial charge is 0.395 e. The predicted molar refractivity (Wildman–Crippen MR) is 69.6 cm³/mol. The number of benzene rings is 1. The SMILES string of the molecule is OCCN(CC#Cc1ccccc1)C1CCC1. The Morgan fingerprint density at radius 2 is 2.00 bits per heavy atom. The van der Waals surface area contributed by atoms with Crippen molar-refractivity contribution in [2.24, 2.45) is 0 Å². The van der Waals surface area contributed by atoms with Gasteiger partial charge in [0.1, 0.15) is 0 Å². The van der Waals surface area contributed by atoms with Crippen molar-refractivity contribution in [3.8, 4) is 11.8 Å². The molecule has 1 saturated carbocycles. The third-order valence-corrected chi connectivity index (χ3v) is 3.27. The summed E-state index contributed by atoms with van der Waals surface area (Å²) in [6.45, 7) is 1.73. The standard InChI is InChI=1S/C15H19NO/c17-13-12-16(15-9-4-10-15)11-5-8-14-6-2-1-3-7-14/h1-3,6-7,15,17H,4,9-13H2. The van der Waals surface area contributed by atoms with Gasteiger partial charge in [-0.05, 0) is 25.0 Å². The maximum atomic E-state index is 9.03. The van der Waals surface area contributed by atoms with Crippen molar-refractivity contribution in [2.75, 3.05) is 19.7 Å². The topological polar surface area (TPSA) is 23.5 Å². The van der Waals surface area contributed by atoms with Crippen LogP contribution in [0.2, 0.25) is 0 Å². The lowest BCUT2D eigenvalue weighted by Crippen LogP contribution is -2.41. The lowest BCUT2D eigenvalue weighted by atomic mass is 9.91. The van der Waals surface area contributed by atoms with Gasteiger partial charge in [-0.15, -0.1) is 0 Å². The second-order valence-corrected chi connectivity index (χ2v) is 4.45. The fraction of sp³-hybridized carbons (Fsp3) is 0.467. The minimum absolute atomic E-state index is 0.226. The van der Waals surface area contributed by atoms with Crippen LogP contribution >= 0.6 is 0 Å². The van der Waals surface area contributed by atoms with Gasteiger partial charge in [-0.2, -0.15) is 0 Å². The molecule has 0 spiro atoms. The van der Waals surface area contributed by atoms with Gasteiger partial charge in [0, 0.05) is 18.2 Å². The van der Waals surface area contributed by atoms with Gasteiger partial charge in [-0.25, -0.2) is 0 Å². The molecule has 1 aromatic rings. The lowest BCUT2D eigenvalue weighted by molar-refractivity contribution is 0.116. The molecule has 0 atom stereocenters. The van der Waals surface area contributed by atoms with Gasteiger partial charge in [0.05, 0.1) is 13.2 Å². The molecule has 0 saturated heterocycles. The van der Waals surface area contributed by atoms with Crippen LogP contribution in [0, 0.1) is 11.8 Å². The van der Waals surface area contributed by atoms with E-state index < -0.39 is 0 Å². The molecule has 1 aliphatic carbocycles.